The van der Waals surface area contributed by atoms with Gasteiger partial charge in [0.25, 0.3) is 0 Å². The zero-order chi connectivity index (χ0) is 15.9. The quantitative estimate of drug-likeness (QED) is 0.572. The van der Waals surface area contributed by atoms with E-state index in [2.05, 4.69) is 9.50 Å². The standard InChI is InChI=1S/C10H13F3N2O5S/c11-10(12,13)21(18,19)20-7-5-15(8(16)17)4-2-9(7)1-3-14-6-9/h1,3,7,14H,2,4-6H2,(H,16,17). The van der Waals surface area contributed by atoms with Crippen LogP contribution in [0.15, 0.2) is 12.3 Å². The maximum Gasteiger partial charge on any atom is 0.523 e. The first-order valence-corrected chi connectivity index (χ1v) is 7.37. The molecule has 2 unspecified atom stereocenters. The van der Waals surface area contributed by atoms with Crippen LogP contribution >= 0.6 is 0 Å². The van der Waals surface area contributed by atoms with Gasteiger partial charge in [-0.1, -0.05) is 6.08 Å². The van der Waals surface area contributed by atoms with Gasteiger partial charge in [0.05, 0.1) is 6.54 Å². The molecule has 0 saturated carbocycles. The highest BCUT2D eigenvalue weighted by molar-refractivity contribution is 7.87. The van der Waals surface area contributed by atoms with Crippen LogP contribution in [0.5, 0.6) is 0 Å². The molecule has 0 aromatic rings. The molecule has 2 rings (SSSR count). The fraction of sp³-hybridized carbons (Fsp3) is 0.700. The maximum atomic E-state index is 12.4. The van der Waals surface area contributed by atoms with Crippen LogP contribution in [0.3, 0.4) is 0 Å². The topological polar surface area (TPSA) is 95.9 Å². The molecule has 2 aliphatic rings. The Morgan fingerprint density at radius 2 is 2.14 bits per heavy atom. The Balaban J connectivity index is 2.26. The third kappa shape index (κ3) is 2.93. The van der Waals surface area contributed by atoms with Gasteiger partial charge in [0.1, 0.15) is 6.10 Å². The first kappa shape index (κ1) is 15.9. The van der Waals surface area contributed by atoms with Crippen LogP contribution < -0.4 is 5.32 Å². The van der Waals surface area contributed by atoms with E-state index in [0.717, 1.165) is 4.90 Å². The second-order valence-corrected chi connectivity index (χ2v) is 6.47. The van der Waals surface area contributed by atoms with Gasteiger partial charge in [-0.25, -0.2) is 4.79 Å². The molecule has 120 valence electrons. The molecule has 11 heteroatoms. The molecule has 0 aliphatic carbocycles. The summed E-state index contributed by atoms with van der Waals surface area (Å²) in [6.07, 6.45) is 0.425. The summed E-state index contributed by atoms with van der Waals surface area (Å²) < 4.78 is 64.0. The minimum Gasteiger partial charge on any atom is -0.465 e. The summed E-state index contributed by atoms with van der Waals surface area (Å²) in [5.74, 6) is 0. The van der Waals surface area contributed by atoms with Crippen LogP contribution in [-0.2, 0) is 14.3 Å². The van der Waals surface area contributed by atoms with Crippen molar-refractivity contribution in [1.82, 2.24) is 10.2 Å². The number of nitrogens with zero attached hydrogens (tertiary/aromatic N) is 1. The van der Waals surface area contributed by atoms with Crippen molar-refractivity contribution in [3.05, 3.63) is 12.3 Å². The van der Waals surface area contributed by atoms with Gasteiger partial charge in [0, 0.05) is 18.5 Å². The van der Waals surface area contributed by atoms with E-state index in [-0.39, 0.29) is 19.5 Å². The Morgan fingerprint density at radius 3 is 2.62 bits per heavy atom. The van der Waals surface area contributed by atoms with Crippen LogP contribution in [0.25, 0.3) is 0 Å². The number of alkyl halides is 3. The molecule has 1 spiro atoms. The number of carbonyl (C=O) groups is 1. The highest BCUT2D eigenvalue weighted by Gasteiger charge is 2.53. The summed E-state index contributed by atoms with van der Waals surface area (Å²) in [7, 11) is -5.79. The summed E-state index contributed by atoms with van der Waals surface area (Å²) in [4.78, 5) is 11.8. The summed E-state index contributed by atoms with van der Waals surface area (Å²) >= 11 is 0. The molecule has 2 atom stereocenters. The van der Waals surface area contributed by atoms with Crippen molar-refractivity contribution >= 4 is 16.2 Å². The summed E-state index contributed by atoms with van der Waals surface area (Å²) in [5.41, 5.74) is -6.51. The number of nitrogens with one attached hydrogen (secondary N) is 1. The monoisotopic (exact) mass is 330 g/mol. The molecule has 1 saturated heterocycles. The number of piperidine rings is 1. The van der Waals surface area contributed by atoms with E-state index in [0.29, 0.717) is 0 Å². The van der Waals surface area contributed by atoms with Gasteiger partial charge in [0.2, 0.25) is 0 Å². The second kappa shape index (κ2) is 5.05. The average Bonchev–Trinajstić information content (AvgIpc) is 2.79. The van der Waals surface area contributed by atoms with Crippen LogP contribution in [0.4, 0.5) is 18.0 Å². The minimum absolute atomic E-state index is 0.0906. The van der Waals surface area contributed by atoms with Gasteiger partial charge in [-0.3, -0.25) is 4.18 Å². The Hall–Kier alpha value is -1.49. The Labute approximate surface area is 118 Å². The molecular weight excluding hydrogens is 317 g/mol. The molecule has 1 fully saturated rings. The van der Waals surface area contributed by atoms with Crippen LogP contribution in [0.2, 0.25) is 0 Å². The zero-order valence-electron chi connectivity index (χ0n) is 10.6. The lowest BCUT2D eigenvalue weighted by Crippen LogP contribution is -2.55. The number of likely N-dealkylation sites (tertiary alicyclic amines) is 1. The van der Waals surface area contributed by atoms with E-state index in [9.17, 15) is 26.4 Å². The van der Waals surface area contributed by atoms with Crippen LogP contribution in [-0.4, -0.2) is 55.8 Å². The molecule has 21 heavy (non-hydrogen) atoms. The molecule has 0 radical (unpaired) electrons. The summed E-state index contributed by atoms with van der Waals surface area (Å²) in [6.45, 7) is -0.164. The van der Waals surface area contributed by atoms with Crippen LogP contribution in [0.1, 0.15) is 6.42 Å². The van der Waals surface area contributed by atoms with Crippen molar-refractivity contribution in [2.75, 3.05) is 19.6 Å². The second-order valence-electron chi connectivity index (χ2n) is 4.91. The Morgan fingerprint density at radius 1 is 1.48 bits per heavy atom. The van der Waals surface area contributed by atoms with Crippen molar-refractivity contribution in [2.45, 2.75) is 18.0 Å². The lowest BCUT2D eigenvalue weighted by molar-refractivity contribution is -0.0672. The van der Waals surface area contributed by atoms with E-state index < -0.39 is 39.8 Å². The van der Waals surface area contributed by atoms with Gasteiger partial charge in [-0.15, -0.1) is 0 Å². The third-order valence-electron chi connectivity index (χ3n) is 3.64. The van der Waals surface area contributed by atoms with E-state index in [1.54, 1.807) is 0 Å². The van der Waals surface area contributed by atoms with Crippen molar-refractivity contribution in [2.24, 2.45) is 5.41 Å². The van der Waals surface area contributed by atoms with Gasteiger partial charge < -0.3 is 15.3 Å². The highest BCUT2D eigenvalue weighted by atomic mass is 32.2. The van der Waals surface area contributed by atoms with Gasteiger partial charge in [0.15, 0.2) is 0 Å². The number of carboxylic acid groups (broad SMARTS) is 1. The summed E-state index contributed by atoms with van der Waals surface area (Å²) in [5, 5.41) is 11.7. The highest BCUT2D eigenvalue weighted by Crippen LogP contribution is 2.39. The van der Waals surface area contributed by atoms with Crippen molar-refractivity contribution in [3.63, 3.8) is 0 Å². The fourth-order valence-corrected chi connectivity index (χ4v) is 3.08. The van der Waals surface area contributed by atoms with Crippen molar-refractivity contribution < 1.29 is 35.7 Å². The smallest absolute Gasteiger partial charge is 0.465 e. The molecule has 1 amide bonds. The number of rotatable bonds is 2. The van der Waals surface area contributed by atoms with E-state index in [1.165, 1.54) is 12.3 Å². The molecular formula is C10H13F3N2O5S. The molecule has 7 nitrogen and oxygen atoms in total. The summed E-state index contributed by atoms with van der Waals surface area (Å²) in [6, 6.07) is 0. The number of halogens is 3. The van der Waals surface area contributed by atoms with E-state index >= 15 is 0 Å². The van der Waals surface area contributed by atoms with Gasteiger partial charge >= 0.3 is 21.7 Å². The van der Waals surface area contributed by atoms with Crippen LogP contribution in [0, 0.1) is 5.41 Å². The van der Waals surface area contributed by atoms with Crippen molar-refractivity contribution in [3.8, 4) is 0 Å². The Bertz CT molecular complexity index is 562. The number of hydrogen-bond donors (Lipinski definition) is 2. The molecule has 0 bridgehead atoms. The lowest BCUT2D eigenvalue weighted by atomic mass is 9.77. The third-order valence-corrected chi connectivity index (χ3v) is 4.69. The minimum atomic E-state index is -5.79. The molecule has 0 aromatic heterocycles. The Kier molecular flexibility index (Phi) is 3.82. The first-order chi connectivity index (χ1) is 9.57. The average molecular weight is 330 g/mol. The predicted molar refractivity (Wildman–Crippen MR) is 63.6 cm³/mol. The van der Waals surface area contributed by atoms with Crippen molar-refractivity contribution in [1.29, 1.82) is 0 Å². The SMILES string of the molecule is O=C(O)N1CCC2(C=CNC2)C(OS(=O)(=O)C(F)(F)F)C1. The molecule has 0 aromatic carbocycles. The van der Waals surface area contributed by atoms with E-state index in [4.69, 9.17) is 5.11 Å². The molecule has 2 aliphatic heterocycles. The maximum absolute atomic E-state index is 12.4. The van der Waals surface area contributed by atoms with Gasteiger partial charge in [-0.05, 0) is 12.6 Å². The molecule has 2 N–H and O–H groups in total. The predicted octanol–water partition coefficient (Wildman–Crippen LogP) is 0.708. The largest absolute Gasteiger partial charge is 0.523 e. The normalized spacial score (nSPS) is 29.7. The zero-order valence-corrected chi connectivity index (χ0v) is 11.4. The fourth-order valence-electron chi connectivity index (χ4n) is 2.41. The number of hydrogen-bond acceptors (Lipinski definition) is 5. The number of amides is 1. The molecule has 2 heterocycles. The lowest BCUT2D eigenvalue weighted by Gasteiger charge is -2.42. The first-order valence-electron chi connectivity index (χ1n) is 5.96. The van der Waals surface area contributed by atoms with E-state index in [1.807, 2.05) is 0 Å². The van der Waals surface area contributed by atoms with Gasteiger partial charge in [-0.2, -0.15) is 21.6 Å².